The molecule has 100 valence electrons. The summed E-state index contributed by atoms with van der Waals surface area (Å²) in [5, 5.41) is 11.7. The Labute approximate surface area is 109 Å². The molecule has 18 heavy (non-hydrogen) atoms. The first kappa shape index (κ1) is 13.3. The van der Waals surface area contributed by atoms with Crippen LogP contribution in [0.5, 0.6) is 5.88 Å². The van der Waals surface area contributed by atoms with Crippen molar-refractivity contribution in [3.05, 3.63) is 17.8 Å². The molecule has 0 aliphatic heterocycles. The molecule has 1 saturated carbocycles. The Bertz CT molecular complexity index is 360. The molecule has 0 spiro atoms. The van der Waals surface area contributed by atoms with Crippen LogP contribution in [-0.4, -0.2) is 22.3 Å². The molecule has 1 unspecified atom stereocenters. The molecule has 1 atom stereocenters. The normalized spacial score (nSPS) is 16.9. The maximum atomic E-state index is 5.72. The number of nitrogens with zero attached hydrogens (tertiary/aromatic N) is 2. The van der Waals surface area contributed by atoms with Gasteiger partial charge in [-0.15, -0.1) is 5.10 Å². The Hall–Kier alpha value is -1.16. The first-order valence-electron chi connectivity index (χ1n) is 6.86. The van der Waals surface area contributed by atoms with E-state index in [-0.39, 0.29) is 6.10 Å². The van der Waals surface area contributed by atoms with Gasteiger partial charge in [-0.1, -0.05) is 13.8 Å². The first-order valence-corrected chi connectivity index (χ1v) is 6.86. The number of hydrogen-bond acceptors (Lipinski definition) is 4. The summed E-state index contributed by atoms with van der Waals surface area (Å²) in [5.41, 5.74) is 0.978. The smallest absolute Gasteiger partial charge is 0.233 e. The predicted octanol–water partition coefficient (Wildman–Crippen LogP) is 2.54. The van der Waals surface area contributed by atoms with Gasteiger partial charge in [0, 0.05) is 18.7 Å². The van der Waals surface area contributed by atoms with Crippen molar-refractivity contribution >= 4 is 0 Å². The standard InChI is InChI=1S/C14H23N3O/c1-10(2)8-11(3)18-14-7-6-13(16-17-14)9-15-12-4-5-12/h6-7,10-12,15H,4-5,8-9H2,1-3H3. The highest BCUT2D eigenvalue weighted by molar-refractivity contribution is 5.12. The van der Waals surface area contributed by atoms with Gasteiger partial charge in [-0.05, 0) is 38.2 Å². The summed E-state index contributed by atoms with van der Waals surface area (Å²) in [6.45, 7) is 7.26. The fourth-order valence-electron chi connectivity index (χ4n) is 1.96. The van der Waals surface area contributed by atoms with Gasteiger partial charge in [0.05, 0.1) is 11.8 Å². The lowest BCUT2D eigenvalue weighted by molar-refractivity contribution is 0.183. The quantitative estimate of drug-likeness (QED) is 0.806. The van der Waals surface area contributed by atoms with Crippen LogP contribution in [0.2, 0.25) is 0 Å². The lowest BCUT2D eigenvalue weighted by Gasteiger charge is -2.15. The highest BCUT2D eigenvalue weighted by Gasteiger charge is 2.20. The van der Waals surface area contributed by atoms with Gasteiger partial charge in [0.25, 0.3) is 0 Å². The molecule has 0 saturated heterocycles. The van der Waals surface area contributed by atoms with Gasteiger partial charge in [0.15, 0.2) is 0 Å². The third kappa shape index (κ3) is 4.61. The van der Waals surface area contributed by atoms with Gasteiger partial charge in [0.1, 0.15) is 0 Å². The van der Waals surface area contributed by atoms with E-state index in [2.05, 4.69) is 36.3 Å². The van der Waals surface area contributed by atoms with Crippen LogP contribution in [0, 0.1) is 5.92 Å². The van der Waals surface area contributed by atoms with E-state index in [0.29, 0.717) is 17.8 Å². The molecule has 2 rings (SSSR count). The van der Waals surface area contributed by atoms with Crippen LogP contribution in [0.25, 0.3) is 0 Å². The molecule has 0 amide bonds. The molecular formula is C14H23N3O. The van der Waals surface area contributed by atoms with E-state index >= 15 is 0 Å². The zero-order valence-corrected chi connectivity index (χ0v) is 11.5. The van der Waals surface area contributed by atoms with E-state index in [4.69, 9.17) is 4.74 Å². The van der Waals surface area contributed by atoms with Gasteiger partial charge >= 0.3 is 0 Å². The van der Waals surface area contributed by atoms with Crippen molar-refractivity contribution in [2.24, 2.45) is 5.92 Å². The third-order valence-corrected chi connectivity index (χ3v) is 2.97. The van der Waals surface area contributed by atoms with Crippen molar-refractivity contribution in [1.82, 2.24) is 15.5 Å². The van der Waals surface area contributed by atoms with Crippen LogP contribution in [0.1, 0.15) is 45.7 Å². The van der Waals surface area contributed by atoms with E-state index < -0.39 is 0 Å². The summed E-state index contributed by atoms with van der Waals surface area (Å²) in [6.07, 6.45) is 3.81. The highest BCUT2D eigenvalue weighted by atomic mass is 16.5. The molecule has 1 fully saturated rings. The van der Waals surface area contributed by atoms with Crippen molar-refractivity contribution < 1.29 is 4.74 Å². The molecule has 1 heterocycles. The summed E-state index contributed by atoms with van der Waals surface area (Å²) >= 11 is 0. The number of hydrogen-bond donors (Lipinski definition) is 1. The van der Waals surface area contributed by atoms with Crippen molar-refractivity contribution in [2.75, 3.05) is 0 Å². The van der Waals surface area contributed by atoms with E-state index in [1.54, 1.807) is 0 Å². The van der Waals surface area contributed by atoms with Crippen LogP contribution in [0.4, 0.5) is 0 Å². The summed E-state index contributed by atoms with van der Waals surface area (Å²) in [4.78, 5) is 0. The van der Waals surface area contributed by atoms with Crippen molar-refractivity contribution in [1.29, 1.82) is 0 Å². The SMILES string of the molecule is CC(C)CC(C)Oc1ccc(CNC2CC2)nn1. The molecule has 1 aromatic heterocycles. The number of ether oxygens (including phenoxy) is 1. The maximum absolute atomic E-state index is 5.72. The van der Waals surface area contributed by atoms with Crippen LogP contribution in [0.3, 0.4) is 0 Å². The lowest BCUT2D eigenvalue weighted by Crippen LogP contribution is -2.18. The van der Waals surface area contributed by atoms with Crippen LogP contribution in [0.15, 0.2) is 12.1 Å². The van der Waals surface area contributed by atoms with Crippen molar-refractivity contribution in [3.8, 4) is 5.88 Å². The van der Waals surface area contributed by atoms with Crippen molar-refractivity contribution in [2.45, 2.75) is 58.7 Å². The van der Waals surface area contributed by atoms with E-state index in [1.165, 1.54) is 12.8 Å². The van der Waals surface area contributed by atoms with Gasteiger partial charge < -0.3 is 10.1 Å². The van der Waals surface area contributed by atoms with Crippen molar-refractivity contribution in [3.63, 3.8) is 0 Å². The summed E-state index contributed by atoms with van der Waals surface area (Å²) < 4.78 is 5.72. The second-order valence-electron chi connectivity index (χ2n) is 5.58. The minimum absolute atomic E-state index is 0.190. The minimum atomic E-state index is 0.190. The van der Waals surface area contributed by atoms with Crippen LogP contribution in [-0.2, 0) is 6.54 Å². The van der Waals surface area contributed by atoms with Gasteiger partial charge in [-0.25, -0.2) is 0 Å². The number of rotatable bonds is 7. The Balaban J connectivity index is 1.78. The van der Waals surface area contributed by atoms with Gasteiger partial charge in [0.2, 0.25) is 5.88 Å². The van der Waals surface area contributed by atoms with E-state index in [0.717, 1.165) is 18.7 Å². The summed E-state index contributed by atoms with van der Waals surface area (Å²) in [6, 6.07) is 4.60. The molecule has 4 nitrogen and oxygen atoms in total. The Morgan fingerprint density at radius 2 is 2.06 bits per heavy atom. The Morgan fingerprint density at radius 3 is 2.61 bits per heavy atom. The van der Waals surface area contributed by atoms with E-state index in [9.17, 15) is 0 Å². The monoisotopic (exact) mass is 249 g/mol. The molecule has 4 heteroatoms. The Morgan fingerprint density at radius 1 is 1.28 bits per heavy atom. The predicted molar refractivity (Wildman–Crippen MR) is 71.4 cm³/mol. The third-order valence-electron chi connectivity index (χ3n) is 2.97. The molecule has 0 aromatic carbocycles. The molecule has 0 bridgehead atoms. The zero-order valence-electron chi connectivity index (χ0n) is 11.5. The van der Waals surface area contributed by atoms with Gasteiger partial charge in [-0.2, -0.15) is 5.10 Å². The molecule has 1 aliphatic carbocycles. The molecule has 0 radical (unpaired) electrons. The summed E-state index contributed by atoms with van der Waals surface area (Å²) in [5.74, 6) is 1.26. The maximum Gasteiger partial charge on any atom is 0.233 e. The first-order chi connectivity index (χ1) is 8.63. The lowest BCUT2D eigenvalue weighted by atomic mass is 10.1. The number of aromatic nitrogens is 2. The van der Waals surface area contributed by atoms with Crippen LogP contribution < -0.4 is 10.1 Å². The average Bonchev–Trinajstić information content (AvgIpc) is 3.11. The largest absolute Gasteiger partial charge is 0.474 e. The second-order valence-corrected chi connectivity index (χ2v) is 5.58. The summed E-state index contributed by atoms with van der Waals surface area (Å²) in [7, 11) is 0. The molecule has 1 N–H and O–H groups in total. The Kier molecular flexibility index (Phi) is 4.53. The minimum Gasteiger partial charge on any atom is -0.474 e. The van der Waals surface area contributed by atoms with E-state index in [1.807, 2.05) is 12.1 Å². The highest BCUT2D eigenvalue weighted by Crippen LogP contribution is 2.19. The number of nitrogens with one attached hydrogen (secondary N) is 1. The van der Waals surface area contributed by atoms with Crippen LogP contribution >= 0.6 is 0 Å². The molecular weight excluding hydrogens is 226 g/mol. The van der Waals surface area contributed by atoms with Gasteiger partial charge in [-0.3, -0.25) is 0 Å². The molecule has 1 aromatic rings. The fraction of sp³-hybridized carbons (Fsp3) is 0.714. The zero-order chi connectivity index (χ0) is 13.0. The average molecular weight is 249 g/mol. The topological polar surface area (TPSA) is 47.0 Å². The second kappa shape index (κ2) is 6.14. The fourth-order valence-corrected chi connectivity index (χ4v) is 1.96. The molecule has 1 aliphatic rings.